The van der Waals surface area contributed by atoms with Gasteiger partial charge in [0, 0.05) is 14.9 Å². The zero-order chi connectivity index (χ0) is 13.1. The summed E-state index contributed by atoms with van der Waals surface area (Å²) in [6, 6.07) is 4.17. The van der Waals surface area contributed by atoms with Crippen LogP contribution in [0.2, 0.25) is 0 Å². The van der Waals surface area contributed by atoms with Gasteiger partial charge in [-0.1, -0.05) is 0 Å². The molecular formula is C12H15FINOS. The normalized spacial score (nSPS) is 11.4. The highest BCUT2D eigenvalue weighted by atomic mass is 127. The van der Waals surface area contributed by atoms with E-state index in [0.717, 1.165) is 0 Å². The zero-order valence-corrected chi connectivity index (χ0v) is 13.0. The molecule has 0 saturated heterocycles. The molecule has 1 aromatic carbocycles. The number of thioether (sulfide) groups is 1. The van der Waals surface area contributed by atoms with Crippen molar-refractivity contribution in [1.82, 2.24) is 5.32 Å². The predicted molar refractivity (Wildman–Crippen MR) is 79.0 cm³/mol. The number of carbonyl (C=O) groups is 1. The maximum absolute atomic E-state index is 12.9. The Labute approximate surface area is 119 Å². The first-order valence-electron chi connectivity index (χ1n) is 5.14. The lowest BCUT2D eigenvalue weighted by molar-refractivity contribution is 0.0950. The molecule has 0 atom stereocenters. The first-order valence-corrected chi connectivity index (χ1v) is 7.44. The second-order valence-electron chi connectivity index (χ2n) is 4.27. The molecule has 0 aliphatic carbocycles. The average Bonchev–Trinajstić information content (AvgIpc) is 2.26. The second kappa shape index (κ2) is 6.04. The Bertz CT molecular complexity index is 423. The maximum atomic E-state index is 12.9. The minimum Gasteiger partial charge on any atom is -0.351 e. The van der Waals surface area contributed by atoms with Gasteiger partial charge in [-0.15, -0.1) is 0 Å². The van der Waals surface area contributed by atoms with Gasteiger partial charge in [0.2, 0.25) is 0 Å². The number of rotatable bonds is 4. The van der Waals surface area contributed by atoms with Crippen LogP contribution in [0.5, 0.6) is 0 Å². The highest BCUT2D eigenvalue weighted by Crippen LogP contribution is 2.20. The van der Waals surface area contributed by atoms with Crippen molar-refractivity contribution in [2.45, 2.75) is 18.6 Å². The Morgan fingerprint density at radius 1 is 1.53 bits per heavy atom. The van der Waals surface area contributed by atoms with Gasteiger partial charge in [0.1, 0.15) is 5.82 Å². The topological polar surface area (TPSA) is 29.1 Å². The summed E-state index contributed by atoms with van der Waals surface area (Å²) in [6.07, 6.45) is 2.01. The molecule has 1 rings (SSSR count). The number of amides is 1. The molecule has 0 fully saturated rings. The number of benzene rings is 1. The summed E-state index contributed by atoms with van der Waals surface area (Å²) < 4.78 is 13.5. The lowest BCUT2D eigenvalue weighted by Gasteiger charge is -2.22. The molecule has 0 bridgehead atoms. The van der Waals surface area contributed by atoms with E-state index in [0.29, 0.717) is 15.7 Å². The first-order chi connectivity index (χ1) is 7.85. The van der Waals surface area contributed by atoms with Gasteiger partial charge >= 0.3 is 0 Å². The van der Waals surface area contributed by atoms with E-state index in [1.54, 1.807) is 11.8 Å². The molecule has 1 amide bonds. The van der Waals surface area contributed by atoms with Crippen molar-refractivity contribution in [2.24, 2.45) is 0 Å². The number of carbonyl (C=O) groups excluding carboxylic acids is 1. The van der Waals surface area contributed by atoms with Crippen LogP contribution in [0.1, 0.15) is 24.2 Å². The number of hydrogen-bond acceptors (Lipinski definition) is 2. The van der Waals surface area contributed by atoms with Crippen LogP contribution in [0.15, 0.2) is 18.2 Å². The third-order valence-electron chi connectivity index (χ3n) is 2.40. The zero-order valence-electron chi connectivity index (χ0n) is 10.0. The molecular weight excluding hydrogens is 352 g/mol. The van der Waals surface area contributed by atoms with Crippen molar-refractivity contribution >= 4 is 40.3 Å². The molecule has 0 spiro atoms. The summed E-state index contributed by atoms with van der Waals surface area (Å²) >= 11 is 3.66. The lowest BCUT2D eigenvalue weighted by atomic mass is 10.1. The maximum Gasteiger partial charge on any atom is 0.252 e. The fraction of sp³-hybridized carbons (Fsp3) is 0.417. The largest absolute Gasteiger partial charge is 0.351 e. The van der Waals surface area contributed by atoms with Crippen LogP contribution in [-0.2, 0) is 0 Å². The molecule has 0 unspecified atom stereocenters. The van der Waals surface area contributed by atoms with Crippen molar-refractivity contribution in [3.8, 4) is 0 Å². The van der Waals surface area contributed by atoms with E-state index in [-0.39, 0.29) is 16.5 Å². The van der Waals surface area contributed by atoms with Gasteiger partial charge in [0.15, 0.2) is 0 Å². The number of nitrogens with one attached hydrogen (secondary N) is 1. The average molecular weight is 367 g/mol. The Hall–Kier alpha value is -0.300. The van der Waals surface area contributed by atoms with Crippen molar-refractivity contribution in [2.75, 3.05) is 12.8 Å². The van der Waals surface area contributed by atoms with Crippen LogP contribution in [0, 0.1) is 9.39 Å². The van der Waals surface area contributed by atoms with E-state index in [4.69, 9.17) is 0 Å². The van der Waals surface area contributed by atoms with E-state index in [9.17, 15) is 9.18 Å². The summed E-state index contributed by atoms with van der Waals surface area (Å²) in [5, 5.41) is 2.86. The molecule has 0 aromatic heterocycles. The molecule has 5 heteroatoms. The molecule has 94 valence electrons. The van der Waals surface area contributed by atoms with Crippen molar-refractivity contribution in [3.63, 3.8) is 0 Å². The Kier molecular flexibility index (Phi) is 5.24. The number of hydrogen-bond donors (Lipinski definition) is 1. The minimum atomic E-state index is -0.324. The van der Waals surface area contributed by atoms with Crippen molar-refractivity contribution in [1.29, 1.82) is 0 Å². The molecule has 1 N–H and O–H groups in total. The van der Waals surface area contributed by atoms with Crippen LogP contribution < -0.4 is 5.32 Å². The fourth-order valence-corrected chi connectivity index (χ4v) is 2.07. The molecule has 0 aliphatic rings. The first kappa shape index (κ1) is 14.8. The lowest BCUT2D eigenvalue weighted by Crippen LogP contribution is -2.36. The van der Waals surface area contributed by atoms with E-state index < -0.39 is 0 Å². The predicted octanol–water partition coefficient (Wildman–Crippen LogP) is 3.30. The van der Waals surface area contributed by atoms with Gasteiger partial charge in [0.05, 0.1) is 5.56 Å². The summed E-state index contributed by atoms with van der Waals surface area (Å²) in [5.74, 6) is -0.480. The van der Waals surface area contributed by atoms with Gasteiger partial charge in [-0.25, -0.2) is 4.39 Å². The highest BCUT2D eigenvalue weighted by Gasteiger charge is 2.18. The Balaban J connectivity index is 2.71. The molecule has 0 heterocycles. The van der Waals surface area contributed by atoms with Crippen molar-refractivity contribution in [3.05, 3.63) is 33.1 Å². The van der Waals surface area contributed by atoms with Gasteiger partial charge < -0.3 is 5.32 Å². The monoisotopic (exact) mass is 367 g/mol. The summed E-state index contributed by atoms with van der Waals surface area (Å²) in [6.45, 7) is 4.71. The SMILES string of the molecule is CSC(C)(C)CNC(=O)c1ccc(F)cc1I. The van der Waals surface area contributed by atoms with E-state index >= 15 is 0 Å². The molecule has 0 radical (unpaired) electrons. The Morgan fingerprint density at radius 2 is 2.18 bits per heavy atom. The Morgan fingerprint density at radius 3 is 2.71 bits per heavy atom. The van der Waals surface area contributed by atoms with Crippen LogP contribution in [-0.4, -0.2) is 23.5 Å². The van der Waals surface area contributed by atoms with E-state index in [1.165, 1.54) is 18.2 Å². The van der Waals surface area contributed by atoms with Gasteiger partial charge in [0.25, 0.3) is 5.91 Å². The number of halogens is 2. The van der Waals surface area contributed by atoms with Crippen molar-refractivity contribution < 1.29 is 9.18 Å². The molecule has 2 nitrogen and oxygen atoms in total. The molecule has 0 saturated carbocycles. The van der Waals surface area contributed by atoms with E-state index in [1.807, 2.05) is 28.8 Å². The third kappa shape index (κ3) is 4.46. The van der Waals surface area contributed by atoms with E-state index in [2.05, 4.69) is 19.2 Å². The molecule has 17 heavy (non-hydrogen) atoms. The minimum absolute atomic E-state index is 0.00112. The molecule has 1 aromatic rings. The van der Waals surface area contributed by atoms with Gasteiger partial charge in [-0.3, -0.25) is 4.79 Å². The second-order valence-corrected chi connectivity index (χ2v) is 6.95. The third-order valence-corrected chi connectivity index (χ3v) is 4.55. The van der Waals surface area contributed by atoms with Crippen LogP contribution in [0.3, 0.4) is 0 Å². The molecule has 0 aliphatic heterocycles. The van der Waals surface area contributed by atoms with Gasteiger partial charge in [-0.2, -0.15) is 11.8 Å². The quantitative estimate of drug-likeness (QED) is 0.828. The summed E-state index contributed by atoms with van der Waals surface area (Å²) in [4.78, 5) is 11.9. The summed E-state index contributed by atoms with van der Waals surface area (Å²) in [7, 11) is 0. The van der Waals surface area contributed by atoms with Crippen LogP contribution >= 0.6 is 34.4 Å². The summed E-state index contributed by atoms with van der Waals surface area (Å²) in [5.41, 5.74) is 0.518. The van der Waals surface area contributed by atoms with Crippen LogP contribution in [0.4, 0.5) is 4.39 Å². The van der Waals surface area contributed by atoms with Gasteiger partial charge in [-0.05, 0) is 60.9 Å². The highest BCUT2D eigenvalue weighted by molar-refractivity contribution is 14.1. The fourth-order valence-electron chi connectivity index (χ4n) is 1.13. The smallest absolute Gasteiger partial charge is 0.252 e. The van der Waals surface area contributed by atoms with Crippen LogP contribution in [0.25, 0.3) is 0 Å². The standard InChI is InChI=1S/C12H15FINOS/c1-12(2,17-3)7-15-11(16)9-5-4-8(13)6-10(9)14/h4-6H,7H2,1-3H3,(H,15,16).